The van der Waals surface area contributed by atoms with Crippen molar-refractivity contribution in [3.05, 3.63) is 52.6 Å². The second-order valence-electron chi connectivity index (χ2n) is 3.95. The molecule has 0 unspecified atom stereocenters. The van der Waals surface area contributed by atoms with Crippen LogP contribution in [0.1, 0.15) is 5.56 Å². The van der Waals surface area contributed by atoms with Gasteiger partial charge in [0.25, 0.3) is 5.69 Å². The third-order valence-corrected chi connectivity index (χ3v) is 2.69. The molecule has 0 atom stereocenters. The molecule has 0 aliphatic rings. The minimum atomic E-state index is -0.362. The smallest absolute Gasteiger partial charge is 0.272 e. The Morgan fingerprint density at radius 3 is 2.72 bits per heavy atom. The first-order chi connectivity index (χ1) is 8.69. The van der Waals surface area contributed by atoms with Gasteiger partial charge in [0, 0.05) is 31.3 Å². The van der Waals surface area contributed by atoms with E-state index in [9.17, 15) is 10.1 Å². The van der Waals surface area contributed by atoms with Gasteiger partial charge in [-0.3, -0.25) is 15.0 Å². The molecule has 1 aromatic rings. The van der Waals surface area contributed by atoms with E-state index in [2.05, 4.69) is 6.58 Å². The molecule has 0 spiro atoms. The molecule has 0 aromatic heterocycles. The number of benzene rings is 1. The lowest BCUT2D eigenvalue weighted by atomic mass is 10.1. The quantitative estimate of drug-likeness (QED) is 0.432. The number of hydrogen-bond donors (Lipinski definition) is 1. The summed E-state index contributed by atoms with van der Waals surface area (Å²) < 4.78 is 0. The topological polar surface area (TPSA) is 66.6 Å². The zero-order valence-corrected chi connectivity index (χ0v) is 10.3. The maximum atomic E-state index is 10.9. The number of para-hydroxylation sites is 1. The molecule has 0 fully saturated rings. The molecule has 0 radical (unpaired) electrons. The fraction of sp³-hybridized carbons (Fsp3) is 0.385. The summed E-state index contributed by atoms with van der Waals surface area (Å²) in [5.74, 6) is 0. The van der Waals surface area contributed by atoms with Crippen LogP contribution in [0.5, 0.6) is 0 Å². The van der Waals surface area contributed by atoms with Gasteiger partial charge >= 0.3 is 0 Å². The summed E-state index contributed by atoms with van der Waals surface area (Å²) in [6, 6.07) is 6.74. The first kappa shape index (κ1) is 14.3. The number of rotatable bonds is 8. The summed E-state index contributed by atoms with van der Waals surface area (Å²) in [5, 5.41) is 19.8. The van der Waals surface area contributed by atoms with Crippen molar-refractivity contribution >= 4 is 5.69 Å². The molecule has 18 heavy (non-hydrogen) atoms. The van der Waals surface area contributed by atoms with Gasteiger partial charge in [-0.15, -0.1) is 6.58 Å². The van der Waals surface area contributed by atoms with Crippen LogP contribution in [0, 0.1) is 10.1 Å². The van der Waals surface area contributed by atoms with Gasteiger partial charge < -0.3 is 5.11 Å². The van der Waals surface area contributed by atoms with Crippen LogP contribution in [0.3, 0.4) is 0 Å². The molecule has 0 aliphatic carbocycles. The Morgan fingerprint density at radius 1 is 1.39 bits per heavy atom. The minimum absolute atomic E-state index is 0.0741. The summed E-state index contributed by atoms with van der Waals surface area (Å²) in [6.07, 6.45) is 2.35. The molecule has 0 heterocycles. The number of aliphatic hydroxyl groups is 1. The summed E-state index contributed by atoms with van der Waals surface area (Å²) in [5.41, 5.74) is 0.870. The van der Waals surface area contributed by atoms with Gasteiger partial charge in [0.1, 0.15) is 0 Å². The number of nitro groups is 1. The van der Waals surface area contributed by atoms with Crippen molar-refractivity contribution < 1.29 is 10.0 Å². The predicted molar refractivity (Wildman–Crippen MR) is 70.5 cm³/mol. The van der Waals surface area contributed by atoms with Crippen LogP contribution in [0.25, 0.3) is 0 Å². The van der Waals surface area contributed by atoms with Gasteiger partial charge in [-0.05, 0) is 6.42 Å². The van der Waals surface area contributed by atoms with Gasteiger partial charge in [-0.25, -0.2) is 0 Å². The highest BCUT2D eigenvalue weighted by Crippen LogP contribution is 2.18. The number of nitro benzene ring substituents is 1. The van der Waals surface area contributed by atoms with Gasteiger partial charge in [0.2, 0.25) is 0 Å². The van der Waals surface area contributed by atoms with Crippen molar-refractivity contribution in [2.45, 2.75) is 6.42 Å². The SMILES string of the molecule is C=CCN(CCO)CCc1ccccc1[N+](=O)[O-]. The van der Waals surface area contributed by atoms with Crippen molar-refractivity contribution in [3.8, 4) is 0 Å². The number of hydrogen-bond acceptors (Lipinski definition) is 4. The number of aliphatic hydroxyl groups excluding tert-OH is 1. The van der Waals surface area contributed by atoms with Crippen LogP contribution in [0.15, 0.2) is 36.9 Å². The average Bonchev–Trinajstić information content (AvgIpc) is 2.36. The van der Waals surface area contributed by atoms with Crippen LogP contribution in [0.2, 0.25) is 0 Å². The highest BCUT2D eigenvalue weighted by Gasteiger charge is 2.13. The zero-order valence-electron chi connectivity index (χ0n) is 10.3. The Bertz CT molecular complexity index is 407. The molecular formula is C13H18N2O3. The van der Waals surface area contributed by atoms with Crippen molar-refractivity contribution in [1.29, 1.82) is 0 Å². The van der Waals surface area contributed by atoms with E-state index in [4.69, 9.17) is 5.11 Å². The van der Waals surface area contributed by atoms with Gasteiger partial charge in [0.15, 0.2) is 0 Å². The van der Waals surface area contributed by atoms with Crippen LogP contribution in [-0.4, -0.2) is 41.2 Å². The van der Waals surface area contributed by atoms with E-state index < -0.39 is 0 Å². The van der Waals surface area contributed by atoms with Crippen molar-refractivity contribution in [1.82, 2.24) is 4.90 Å². The standard InChI is InChI=1S/C13H18N2O3/c1-2-8-14(10-11-16)9-7-12-5-3-4-6-13(12)15(17)18/h2-6,16H,1,7-11H2. The van der Waals surface area contributed by atoms with Crippen molar-refractivity contribution in [3.63, 3.8) is 0 Å². The molecule has 5 heteroatoms. The first-order valence-corrected chi connectivity index (χ1v) is 5.85. The van der Waals surface area contributed by atoms with Crippen molar-refractivity contribution in [2.75, 3.05) is 26.2 Å². The molecule has 1 rings (SSSR count). The second-order valence-corrected chi connectivity index (χ2v) is 3.95. The lowest BCUT2D eigenvalue weighted by Crippen LogP contribution is -2.29. The molecule has 0 bridgehead atoms. The largest absolute Gasteiger partial charge is 0.395 e. The van der Waals surface area contributed by atoms with Crippen LogP contribution >= 0.6 is 0 Å². The van der Waals surface area contributed by atoms with E-state index in [0.717, 1.165) is 5.56 Å². The Labute approximate surface area is 107 Å². The Hall–Kier alpha value is -1.72. The summed E-state index contributed by atoms with van der Waals surface area (Å²) >= 11 is 0. The van der Waals surface area contributed by atoms with E-state index in [1.807, 2.05) is 4.90 Å². The normalized spacial score (nSPS) is 10.6. The Morgan fingerprint density at radius 2 is 2.11 bits per heavy atom. The second kappa shape index (κ2) is 7.58. The summed E-state index contributed by atoms with van der Waals surface area (Å²) in [6.45, 7) is 5.61. The lowest BCUT2D eigenvalue weighted by Gasteiger charge is -2.19. The molecule has 0 saturated carbocycles. The Kier molecular flexibility index (Phi) is 6.04. The Balaban J connectivity index is 2.66. The maximum absolute atomic E-state index is 10.9. The highest BCUT2D eigenvalue weighted by molar-refractivity contribution is 5.39. The van der Waals surface area contributed by atoms with E-state index >= 15 is 0 Å². The summed E-state index contributed by atoms with van der Waals surface area (Å²) in [7, 11) is 0. The van der Waals surface area contributed by atoms with E-state index in [1.165, 1.54) is 6.07 Å². The van der Waals surface area contributed by atoms with Crippen LogP contribution < -0.4 is 0 Å². The van der Waals surface area contributed by atoms with Crippen LogP contribution in [-0.2, 0) is 6.42 Å². The third kappa shape index (κ3) is 4.27. The molecule has 1 aromatic carbocycles. The first-order valence-electron chi connectivity index (χ1n) is 5.85. The van der Waals surface area contributed by atoms with Crippen molar-refractivity contribution in [2.24, 2.45) is 0 Å². The molecule has 0 saturated heterocycles. The monoisotopic (exact) mass is 250 g/mol. The fourth-order valence-electron chi connectivity index (χ4n) is 1.80. The van der Waals surface area contributed by atoms with Gasteiger partial charge in [0.05, 0.1) is 11.5 Å². The molecular weight excluding hydrogens is 232 g/mol. The van der Waals surface area contributed by atoms with Gasteiger partial charge in [-0.2, -0.15) is 0 Å². The number of nitrogens with zero attached hydrogens (tertiary/aromatic N) is 2. The molecule has 0 amide bonds. The van der Waals surface area contributed by atoms with Crippen LogP contribution in [0.4, 0.5) is 5.69 Å². The zero-order chi connectivity index (χ0) is 13.4. The average molecular weight is 250 g/mol. The predicted octanol–water partition coefficient (Wildman–Crippen LogP) is 1.62. The van der Waals surface area contributed by atoms with E-state index in [-0.39, 0.29) is 17.2 Å². The molecule has 1 N–H and O–H groups in total. The summed E-state index contributed by atoms with van der Waals surface area (Å²) in [4.78, 5) is 12.5. The highest BCUT2D eigenvalue weighted by atomic mass is 16.6. The van der Waals surface area contributed by atoms with E-state index in [1.54, 1.807) is 24.3 Å². The van der Waals surface area contributed by atoms with E-state index in [0.29, 0.717) is 26.1 Å². The van der Waals surface area contributed by atoms with Gasteiger partial charge in [-0.1, -0.05) is 24.3 Å². The maximum Gasteiger partial charge on any atom is 0.272 e. The molecule has 98 valence electrons. The minimum Gasteiger partial charge on any atom is -0.395 e. The third-order valence-electron chi connectivity index (χ3n) is 2.69. The molecule has 0 aliphatic heterocycles. The fourth-order valence-corrected chi connectivity index (χ4v) is 1.80. The molecule has 5 nitrogen and oxygen atoms in total. The lowest BCUT2D eigenvalue weighted by molar-refractivity contribution is -0.385.